The summed E-state index contributed by atoms with van der Waals surface area (Å²) in [4.78, 5) is 24.4. The lowest BCUT2D eigenvalue weighted by Gasteiger charge is -2.34. The normalized spacial score (nSPS) is 17.5. The highest BCUT2D eigenvalue weighted by Gasteiger charge is 2.26. The number of carbonyl (C=O) groups excluding carboxylic acids is 1. The standard InChI is InChI=1S/C23H28N4OS/c1-23(2,3)22(28)24-13-16-7-6-11-27(14-16)21-18-8-4-5-9-19(18)25-20(26-21)17-10-12-29-15-17/h4-5,8-10,12,15-16H,6-7,11,13-14H2,1-3H3,(H,24,28). The van der Waals surface area contributed by atoms with Gasteiger partial charge in [0.25, 0.3) is 0 Å². The summed E-state index contributed by atoms with van der Waals surface area (Å²) in [5.41, 5.74) is 1.68. The topological polar surface area (TPSA) is 58.1 Å². The van der Waals surface area contributed by atoms with Crippen LogP contribution in [-0.2, 0) is 4.79 Å². The van der Waals surface area contributed by atoms with Crippen LogP contribution < -0.4 is 10.2 Å². The zero-order valence-corrected chi connectivity index (χ0v) is 18.1. The van der Waals surface area contributed by atoms with E-state index in [2.05, 4.69) is 39.2 Å². The predicted octanol–water partition coefficient (Wildman–Crippen LogP) is 4.74. The Hall–Kier alpha value is -2.47. The van der Waals surface area contributed by atoms with Crippen LogP contribution in [-0.4, -0.2) is 35.5 Å². The molecule has 3 aromatic rings. The summed E-state index contributed by atoms with van der Waals surface area (Å²) in [6.07, 6.45) is 2.23. The molecular weight excluding hydrogens is 380 g/mol. The summed E-state index contributed by atoms with van der Waals surface area (Å²) in [6, 6.07) is 10.3. The minimum absolute atomic E-state index is 0.113. The third-order valence-electron chi connectivity index (χ3n) is 5.41. The minimum atomic E-state index is -0.355. The van der Waals surface area contributed by atoms with Crippen LogP contribution in [0.2, 0.25) is 0 Å². The van der Waals surface area contributed by atoms with E-state index in [1.54, 1.807) is 11.3 Å². The van der Waals surface area contributed by atoms with Crippen LogP contribution in [0.15, 0.2) is 41.1 Å². The van der Waals surface area contributed by atoms with Crippen molar-refractivity contribution >= 4 is 34.0 Å². The maximum atomic E-state index is 12.3. The third-order valence-corrected chi connectivity index (χ3v) is 6.10. The van der Waals surface area contributed by atoms with Gasteiger partial charge in [0.2, 0.25) is 5.91 Å². The molecule has 0 aliphatic carbocycles. The molecule has 1 N–H and O–H groups in total. The van der Waals surface area contributed by atoms with Crippen molar-refractivity contribution in [2.45, 2.75) is 33.6 Å². The van der Waals surface area contributed by atoms with Gasteiger partial charge in [0.05, 0.1) is 5.52 Å². The number of thiophene rings is 1. The van der Waals surface area contributed by atoms with E-state index in [1.807, 2.05) is 32.9 Å². The first-order chi connectivity index (χ1) is 13.9. The molecule has 29 heavy (non-hydrogen) atoms. The monoisotopic (exact) mass is 408 g/mol. The number of benzene rings is 1. The van der Waals surface area contributed by atoms with Gasteiger partial charge >= 0.3 is 0 Å². The molecule has 0 radical (unpaired) electrons. The molecule has 0 bridgehead atoms. The molecule has 6 heteroatoms. The van der Waals surface area contributed by atoms with Crippen molar-refractivity contribution in [3.63, 3.8) is 0 Å². The number of carbonyl (C=O) groups is 1. The summed E-state index contributed by atoms with van der Waals surface area (Å²) in [6.45, 7) is 8.45. The Morgan fingerprint density at radius 3 is 2.83 bits per heavy atom. The molecule has 152 valence electrons. The van der Waals surface area contributed by atoms with Crippen molar-refractivity contribution in [1.29, 1.82) is 0 Å². The van der Waals surface area contributed by atoms with E-state index in [4.69, 9.17) is 9.97 Å². The number of piperidine rings is 1. The first kappa shape index (κ1) is 19.8. The number of nitrogens with one attached hydrogen (secondary N) is 1. The Morgan fingerprint density at radius 1 is 1.24 bits per heavy atom. The Kier molecular flexibility index (Phi) is 5.54. The molecule has 1 unspecified atom stereocenters. The Bertz CT molecular complexity index is 994. The summed E-state index contributed by atoms with van der Waals surface area (Å²) in [7, 11) is 0. The average Bonchev–Trinajstić information content (AvgIpc) is 3.25. The lowest BCUT2D eigenvalue weighted by Crippen LogP contribution is -2.43. The molecule has 4 rings (SSSR count). The van der Waals surface area contributed by atoms with Crippen LogP contribution in [0.25, 0.3) is 22.3 Å². The van der Waals surface area contributed by atoms with Crippen LogP contribution >= 0.6 is 11.3 Å². The van der Waals surface area contributed by atoms with Gasteiger partial charge in [-0.05, 0) is 42.3 Å². The van der Waals surface area contributed by atoms with Crippen molar-refractivity contribution in [3.05, 3.63) is 41.1 Å². The smallest absolute Gasteiger partial charge is 0.225 e. The van der Waals surface area contributed by atoms with Gasteiger partial charge in [0, 0.05) is 41.4 Å². The van der Waals surface area contributed by atoms with Crippen molar-refractivity contribution in [3.8, 4) is 11.4 Å². The molecule has 1 aromatic carbocycles. The van der Waals surface area contributed by atoms with E-state index in [9.17, 15) is 4.79 Å². The molecule has 1 aliphatic rings. The van der Waals surface area contributed by atoms with Gasteiger partial charge in [-0.25, -0.2) is 9.97 Å². The summed E-state index contributed by atoms with van der Waals surface area (Å²) in [5.74, 6) is 2.32. The minimum Gasteiger partial charge on any atom is -0.356 e. The Morgan fingerprint density at radius 2 is 2.07 bits per heavy atom. The van der Waals surface area contributed by atoms with Crippen molar-refractivity contribution < 1.29 is 4.79 Å². The summed E-state index contributed by atoms with van der Waals surface area (Å²) in [5, 5.41) is 8.38. The molecular formula is C23H28N4OS. The molecule has 2 aromatic heterocycles. The molecule has 0 saturated carbocycles. The molecule has 1 fully saturated rings. The second kappa shape index (κ2) is 8.11. The molecule has 3 heterocycles. The van der Waals surface area contributed by atoms with Gasteiger partial charge < -0.3 is 10.2 Å². The summed E-state index contributed by atoms with van der Waals surface area (Å²) >= 11 is 1.66. The average molecular weight is 409 g/mol. The number of nitrogens with zero attached hydrogens (tertiary/aromatic N) is 3. The maximum absolute atomic E-state index is 12.3. The first-order valence-corrected chi connectivity index (χ1v) is 11.2. The highest BCUT2D eigenvalue weighted by atomic mass is 32.1. The van der Waals surface area contributed by atoms with E-state index < -0.39 is 0 Å². The van der Waals surface area contributed by atoms with Gasteiger partial charge in [-0.3, -0.25) is 4.79 Å². The number of hydrogen-bond acceptors (Lipinski definition) is 5. The van der Waals surface area contributed by atoms with Crippen LogP contribution in [0.1, 0.15) is 33.6 Å². The fourth-order valence-corrected chi connectivity index (χ4v) is 4.38. The number of para-hydroxylation sites is 1. The quantitative estimate of drug-likeness (QED) is 0.678. The number of anilines is 1. The SMILES string of the molecule is CC(C)(C)C(=O)NCC1CCCN(c2nc(-c3ccsc3)nc3ccccc23)C1. The zero-order valence-electron chi connectivity index (χ0n) is 17.3. The second-order valence-corrected chi connectivity index (χ2v) is 9.59. The van der Waals surface area contributed by atoms with Crippen LogP contribution in [0.5, 0.6) is 0 Å². The van der Waals surface area contributed by atoms with E-state index in [0.29, 0.717) is 12.5 Å². The fraction of sp³-hybridized carbons (Fsp3) is 0.435. The molecule has 0 spiro atoms. The Balaban J connectivity index is 1.59. The van der Waals surface area contributed by atoms with E-state index in [0.717, 1.165) is 54.0 Å². The number of hydrogen-bond donors (Lipinski definition) is 1. The molecule has 1 atom stereocenters. The summed E-state index contributed by atoms with van der Waals surface area (Å²) < 4.78 is 0. The van der Waals surface area contributed by atoms with Gasteiger partial charge in [-0.15, -0.1) is 0 Å². The van der Waals surface area contributed by atoms with Crippen molar-refractivity contribution in [2.75, 3.05) is 24.5 Å². The number of amides is 1. The number of aromatic nitrogens is 2. The highest BCUT2D eigenvalue weighted by molar-refractivity contribution is 7.08. The Labute approximate surface area is 176 Å². The van der Waals surface area contributed by atoms with E-state index in [-0.39, 0.29) is 11.3 Å². The highest BCUT2D eigenvalue weighted by Crippen LogP contribution is 2.31. The van der Waals surface area contributed by atoms with Gasteiger partial charge in [0.1, 0.15) is 5.82 Å². The first-order valence-electron chi connectivity index (χ1n) is 10.2. The number of rotatable bonds is 4. The maximum Gasteiger partial charge on any atom is 0.225 e. The third kappa shape index (κ3) is 4.42. The van der Waals surface area contributed by atoms with E-state index >= 15 is 0 Å². The second-order valence-electron chi connectivity index (χ2n) is 8.81. The molecule has 5 nitrogen and oxygen atoms in total. The van der Waals surface area contributed by atoms with Crippen molar-refractivity contribution in [1.82, 2.24) is 15.3 Å². The fourth-order valence-electron chi connectivity index (χ4n) is 3.75. The van der Waals surface area contributed by atoms with Crippen LogP contribution in [0.3, 0.4) is 0 Å². The largest absolute Gasteiger partial charge is 0.356 e. The van der Waals surface area contributed by atoms with Crippen LogP contribution in [0.4, 0.5) is 5.82 Å². The van der Waals surface area contributed by atoms with Gasteiger partial charge in [0.15, 0.2) is 5.82 Å². The van der Waals surface area contributed by atoms with Gasteiger partial charge in [-0.1, -0.05) is 32.9 Å². The van der Waals surface area contributed by atoms with Gasteiger partial charge in [-0.2, -0.15) is 11.3 Å². The zero-order chi connectivity index (χ0) is 20.4. The number of fused-ring (bicyclic) bond motifs is 1. The molecule has 1 aliphatic heterocycles. The van der Waals surface area contributed by atoms with E-state index in [1.165, 1.54) is 0 Å². The van der Waals surface area contributed by atoms with Crippen LogP contribution in [0, 0.1) is 11.3 Å². The lowest BCUT2D eigenvalue weighted by atomic mass is 9.94. The molecule has 1 amide bonds. The lowest BCUT2D eigenvalue weighted by molar-refractivity contribution is -0.128. The predicted molar refractivity (Wildman–Crippen MR) is 120 cm³/mol. The molecule has 1 saturated heterocycles. The van der Waals surface area contributed by atoms with Crippen molar-refractivity contribution in [2.24, 2.45) is 11.3 Å².